The summed E-state index contributed by atoms with van der Waals surface area (Å²) in [6.45, 7) is 5.65. The van der Waals surface area contributed by atoms with E-state index in [1.165, 1.54) is 0 Å². The van der Waals surface area contributed by atoms with Gasteiger partial charge in [0.1, 0.15) is 12.4 Å². The van der Waals surface area contributed by atoms with Crippen LogP contribution in [0, 0.1) is 0 Å². The SMILES string of the molecule is CC.CN(C)C(=O)C(c1ccc(OCc2ccccc2)cc1)C1(O)CCC2(CC1)OCCO2. The molecule has 1 unspecified atom stereocenters. The molecule has 0 aromatic heterocycles. The molecule has 33 heavy (non-hydrogen) atoms. The highest BCUT2D eigenvalue weighted by Gasteiger charge is 2.51. The first-order chi connectivity index (χ1) is 15.9. The lowest BCUT2D eigenvalue weighted by molar-refractivity contribution is -0.206. The van der Waals surface area contributed by atoms with Gasteiger partial charge in [-0.25, -0.2) is 0 Å². The number of nitrogens with zero attached hydrogens (tertiary/aromatic N) is 1. The predicted octanol–water partition coefficient (Wildman–Crippen LogP) is 4.51. The summed E-state index contributed by atoms with van der Waals surface area (Å²) in [6.07, 6.45) is 2.06. The molecular formula is C27H37NO5. The van der Waals surface area contributed by atoms with Gasteiger partial charge in [0.15, 0.2) is 5.79 Å². The third kappa shape index (κ3) is 5.94. The van der Waals surface area contributed by atoms with Crippen LogP contribution >= 0.6 is 0 Å². The Morgan fingerprint density at radius 1 is 0.970 bits per heavy atom. The van der Waals surface area contributed by atoms with Crippen LogP contribution in [0.25, 0.3) is 0 Å². The molecule has 1 saturated carbocycles. The number of amides is 1. The Labute approximate surface area is 197 Å². The number of hydrogen-bond acceptors (Lipinski definition) is 5. The lowest BCUT2D eigenvalue weighted by atomic mass is 9.70. The van der Waals surface area contributed by atoms with E-state index < -0.39 is 17.3 Å². The van der Waals surface area contributed by atoms with Crippen molar-refractivity contribution in [2.24, 2.45) is 0 Å². The Kier molecular flexibility index (Phi) is 8.51. The molecular weight excluding hydrogens is 418 g/mol. The Hall–Kier alpha value is -2.41. The van der Waals surface area contributed by atoms with Crippen molar-refractivity contribution in [3.63, 3.8) is 0 Å². The molecule has 180 valence electrons. The fourth-order valence-electron chi connectivity index (χ4n) is 4.58. The molecule has 2 aromatic carbocycles. The minimum Gasteiger partial charge on any atom is -0.489 e. The summed E-state index contributed by atoms with van der Waals surface area (Å²) in [5.41, 5.74) is 0.737. The summed E-state index contributed by atoms with van der Waals surface area (Å²) in [5.74, 6) is -0.618. The smallest absolute Gasteiger partial charge is 0.232 e. The zero-order chi connectivity index (χ0) is 23.9. The Balaban J connectivity index is 0.00000149. The molecule has 1 aliphatic heterocycles. The van der Waals surface area contributed by atoms with Crippen molar-refractivity contribution in [3.05, 3.63) is 65.7 Å². The Morgan fingerprint density at radius 3 is 2.09 bits per heavy atom. The van der Waals surface area contributed by atoms with Gasteiger partial charge in [0, 0.05) is 26.9 Å². The van der Waals surface area contributed by atoms with Crippen molar-refractivity contribution in [2.75, 3.05) is 27.3 Å². The molecule has 2 aromatic rings. The molecule has 0 radical (unpaired) electrons. The van der Waals surface area contributed by atoms with Crippen LogP contribution in [0.4, 0.5) is 0 Å². The molecule has 1 spiro atoms. The quantitative estimate of drug-likeness (QED) is 0.694. The molecule has 0 bridgehead atoms. The van der Waals surface area contributed by atoms with E-state index in [1.54, 1.807) is 19.0 Å². The van der Waals surface area contributed by atoms with Crippen molar-refractivity contribution < 1.29 is 24.1 Å². The molecule has 4 rings (SSSR count). The van der Waals surface area contributed by atoms with Crippen molar-refractivity contribution in [3.8, 4) is 5.75 Å². The molecule has 1 aliphatic carbocycles. The first-order valence-electron chi connectivity index (χ1n) is 11.9. The number of hydrogen-bond donors (Lipinski definition) is 1. The van der Waals surface area contributed by atoms with E-state index in [-0.39, 0.29) is 5.91 Å². The van der Waals surface area contributed by atoms with Crippen LogP contribution in [0.1, 0.15) is 56.6 Å². The van der Waals surface area contributed by atoms with Crippen molar-refractivity contribution in [1.29, 1.82) is 0 Å². The van der Waals surface area contributed by atoms with Crippen molar-refractivity contribution in [2.45, 2.75) is 63.4 Å². The summed E-state index contributed by atoms with van der Waals surface area (Å²) in [5, 5.41) is 11.6. The van der Waals surface area contributed by atoms with Crippen LogP contribution in [-0.4, -0.2) is 54.6 Å². The highest BCUT2D eigenvalue weighted by molar-refractivity contribution is 5.85. The van der Waals surface area contributed by atoms with E-state index in [0.29, 0.717) is 45.5 Å². The molecule has 1 N–H and O–H groups in total. The van der Waals surface area contributed by atoms with Gasteiger partial charge >= 0.3 is 0 Å². The van der Waals surface area contributed by atoms with E-state index >= 15 is 0 Å². The van der Waals surface area contributed by atoms with Gasteiger partial charge in [-0.15, -0.1) is 0 Å². The van der Waals surface area contributed by atoms with E-state index in [2.05, 4.69) is 0 Å². The van der Waals surface area contributed by atoms with Crippen molar-refractivity contribution >= 4 is 5.91 Å². The predicted molar refractivity (Wildman–Crippen MR) is 128 cm³/mol. The average molecular weight is 456 g/mol. The third-order valence-corrected chi connectivity index (χ3v) is 6.38. The highest BCUT2D eigenvalue weighted by Crippen LogP contribution is 2.46. The second kappa shape index (κ2) is 11.1. The van der Waals surface area contributed by atoms with Gasteiger partial charge in [-0.3, -0.25) is 4.79 Å². The molecule has 2 fully saturated rings. The molecule has 1 saturated heterocycles. The summed E-state index contributed by atoms with van der Waals surface area (Å²) < 4.78 is 17.5. The van der Waals surface area contributed by atoms with Crippen LogP contribution in [0.3, 0.4) is 0 Å². The fourth-order valence-corrected chi connectivity index (χ4v) is 4.58. The average Bonchev–Trinajstić information content (AvgIpc) is 3.31. The number of ether oxygens (including phenoxy) is 3. The molecule has 6 nitrogen and oxygen atoms in total. The normalized spacial score (nSPS) is 19.3. The van der Waals surface area contributed by atoms with Crippen LogP contribution in [0.2, 0.25) is 0 Å². The second-order valence-electron chi connectivity index (χ2n) is 8.72. The third-order valence-electron chi connectivity index (χ3n) is 6.38. The minimum atomic E-state index is -1.14. The number of benzene rings is 2. The molecule has 1 amide bonds. The van der Waals surface area contributed by atoms with Gasteiger partial charge in [-0.1, -0.05) is 56.3 Å². The van der Waals surface area contributed by atoms with Gasteiger partial charge in [0.2, 0.25) is 5.91 Å². The van der Waals surface area contributed by atoms with Crippen LogP contribution in [-0.2, 0) is 20.9 Å². The van der Waals surface area contributed by atoms with Gasteiger partial charge in [-0.05, 0) is 36.1 Å². The van der Waals surface area contributed by atoms with E-state index in [1.807, 2.05) is 68.4 Å². The van der Waals surface area contributed by atoms with Crippen LogP contribution < -0.4 is 4.74 Å². The van der Waals surface area contributed by atoms with Gasteiger partial charge in [-0.2, -0.15) is 0 Å². The highest BCUT2D eigenvalue weighted by atomic mass is 16.7. The summed E-state index contributed by atoms with van der Waals surface area (Å²) in [4.78, 5) is 14.7. The van der Waals surface area contributed by atoms with Crippen LogP contribution in [0.5, 0.6) is 5.75 Å². The van der Waals surface area contributed by atoms with Gasteiger partial charge < -0.3 is 24.2 Å². The molecule has 6 heteroatoms. The first-order valence-corrected chi connectivity index (χ1v) is 11.9. The minimum absolute atomic E-state index is 0.107. The van der Waals surface area contributed by atoms with Crippen molar-refractivity contribution in [1.82, 2.24) is 4.90 Å². The summed E-state index contributed by atoms with van der Waals surface area (Å²) in [6, 6.07) is 17.5. The number of carbonyl (C=O) groups excluding carboxylic acids is 1. The maximum absolute atomic E-state index is 13.1. The second-order valence-corrected chi connectivity index (χ2v) is 8.72. The maximum Gasteiger partial charge on any atom is 0.232 e. The lowest BCUT2D eigenvalue weighted by Crippen LogP contribution is -2.50. The number of aliphatic hydroxyl groups is 1. The molecule has 1 atom stereocenters. The number of rotatable bonds is 6. The zero-order valence-electron chi connectivity index (χ0n) is 20.3. The van der Waals surface area contributed by atoms with E-state index in [0.717, 1.165) is 16.9 Å². The summed E-state index contributed by atoms with van der Waals surface area (Å²) >= 11 is 0. The van der Waals surface area contributed by atoms with Crippen LogP contribution in [0.15, 0.2) is 54.6 Å². The van der Waals surface area contributed by atoms with E-state index in [9.17, 15) is 9.90 Å². The standard InChI is InChI=1S/C25H31NO5.C2H6/c1-26(2)23(27)22(24(28)12-14-25(15-13-24)30-16-17-31-25)20-8-10-21(11-9-20)29-18-19-6-4-3-5-7-19;1-2/h3-11,22,28H,12-18H2,1-2H3;1-2H3. The zero-order valence-corrected chi connectivity index (χ0v) is 20.3. The molecule has 1 heterocycles. The lowest BCUT2D eigenvalue weighted by Gasteiger charge is -2.44. The maximum atomic E-state index is 13.1. The largest absolute Gasteiger partial charge is 0.489 e. The van der Waals surface area contributed by atoms with E-state index in [4.69, 9.17) is 14.2 Å². The summed E-state index contributed by atoms with van der Waals surface area (Å²) in [7, 11) is 3.45. The fraction of sp³-hybridized carbons (Fsp3) is 0.519. The monoisotopic (exact) mass is 455 g/mol. The van der Waals surface area contributed by atoms with Gasteiger partial charge in [0.05, 0.1) is 24.7 Å². The molecule has 2 aliphatic rings. The Morgan fingerprint density at radius 2 is 1.55 bits per heavy atom. The Bertz CT molecular complexity index is 865. The first kappa shape index (κ1) is 25.2. The number of carbonyl (C=O) groups is 1. The van der Waals surface area contributed by atoms with Gasteiger partial charge in [0.25, 0.3) is 0 Å². The number of likely N-dealkylation sites (N-methyl/N-ethyl adjacent to an activating group) is 1. The topological polar surface area (TPSA) is 68.2 Å².